The van der Waals surface area contributed by atoms with E-state index in [1.165, 1.54) is 23.5 Å². The van der Waals surface area contributed by atoms with Gasteiger partial charge in [0.05, 0.1) is 15.9 Å². The molecule has 2 N–H and O–H groups in total. The quantitative estimate of drug-likeness (QED) is 0.727. The Hall–Kier alpha value is -2.21. The van der Waals surface area contributed by atoms with Crippen molar-refractivity contribution in [2.24, 2.45) is 11.3 Å². The summed E-state index contributed by atoms with van der Waals surface area (Å²) < 4.78 is 13.2. The van der Waals surface area contributed by atoms with Crippen LogP contribution in [-0.2, 0) is 4.79 Å². The van der Waals surface area contributed by atoms with E-state index in [2.05, 4.69) is 10.6 Å². The number of halogens is 1. The van der Waals surface area contributed by atoms with Crippen LogP contribution in [0.2, 0.25) is 0 Å². The number of aryl methyl sites for hydroxylation is 1. The van der Waals surface area contributed by atoms with Gasteiger partial charge in [-0.05, 0) is 42.2 Å². The van der Waals surface area contributed by atoms with Crippen molar-refractivity contribution in [1.82, 2.24) is 5.32 Å². The molecular formula is C21H27FN2O2S. The number of amides is 2. The Bertz CT molecular complexity index is 820. The van der Waals surface area contributed by atoms with Gasteiger partial charge >= 0.3 is 0 Å². The van der Waals surface area contributed by atoms with Crippen molar-refractivity contribution in [2.75, 3.05) is 5.32 Å². The van der Waals surface area contributed by atoms with E-state index in [4.69, 9.17) is 0 Å². The van der Waals surface area contributed by atoms with Gasteiger partial charge in [0, 0.05) is 5.41 Å². The molecule has 0 spiro atoms. The van der Waals surface area contributed by atoms with Crippen LogP contribution >= 0.6 is 11.3 Å². The van der Waals surface area contributed by atoms with Crippen LogP contribution in [0.1, 0.15) is 61.5 Å². The minimum atomic E-state index is -0.508. The molecule has 0 saturated heterocycles. The summed E-state index contributed by atoms with van der Waals surface area (Å²) in [6.07, 6.45) is 0. The predicted molar refractivity (Wildman–Crippen MR) is 109 cm³/mol. The Kier molecular flexibility index (Phi) is 6.42. The van der Waals surface area contributed by atoms with E-state index in [0.717, 1.165) is 11.1 Å². The Morgan fingerprint density at radius 3 is 2.22 bits per heavy atom. The van der Waals surface area contributed by atoms with Crippen molar-refractivity contribution >= 4 is 28.2 Å². The Morgan fingerprint density at radius 1 is 1.11 bits per heavy atom. The van der Waals surface area contributed by atoms with Gasteiger partial charge in [0.2, 0.25) is 5.91 Å². The zero-order valence-electron chi connectivity index (χ0n) is 16.6. The van der Waals surface area contributed by atoms with Gasteiger partial charge < -0.3 is 10.6 Å². The van der Waals surface area contributed by atoms with Crippen LogP contribution < -0.4 is 10.6 Å². The Balaban J connectivity index is 2.19. The van der Waals surface area contributed by atoms with Gasteiger partial charge in [0.1, 0.15) is 5.82 Å². The monoisotopic (exact) mass is 390 g/mol. The van der Waals surface area contributed by atoms with Crippen molar-refractivity contribution in [3.8, 4) is 0 Å². The fraction of sp³-hybridized carbons (Fsp3) is 0.429. The maximum atomic E-state index is 13.2. The minimum Gasteiger partial charge on any atom is -0.344 e. The van der Waals surface area contributed by atoms with Crippen LogP contribution in [0.3, 0.4) is 0 Å². The van der Waals surface area contributed by atoms with E-state index in [1.807, 2.05) is 47.6 Å². The van der Waals surface area contributed by atoms with Gasteiger partial charge in [-0.25, -0.2) is 4.39 Å². The number of benzene rings is 1. The van der Waals surface area contributed by atoms with Crippen molar-refractivity contribution in [3.63, 3.8) is 0 Å². The maximum Gasteiger partial charge on any atom is 0.262 e. The largest absolute Gasteiger partial charge is 0.344 e. The lowest BCUT2D eigenvalue weighted by Gasteiger charge is -2.23. The van der Waals surface area contributed by atoms with Crippen molar-refractivity contribution in [1.29, 1.82) is 0 Å². The molecule has 2 aromatic rings. The number of carbonyl (C=O) groups is 2. The van der Waals surface area contributed by atoms with E-state index in [0.29, 0.717) is 9.88 Å². The van der Waals surface area contributed by atoms with E-state index in [9.17, 15) is 14.0 Å². The average molecular weight is 391 g/mol. The molecule has 0 bridgehead atoms. The van der Waals surface area contributed by atoms with E-state index in [-0.39, 0.29) is 29.6 Å². The van der Waals surface area contributed by atoms with Gasteiger partial charge in [0.15, 0.2) is 0 Å². The molecule has 0 aliphatic heterocycles. The molecule has 2 rings (SSSR count). The molecule has 1 unspecified atom stereocenters. The summed E-state index contributed by atoms with van der Waals surface area (Å²) in [6.45, 7) is 11.4. The fourth-order valence-electron chi connectivity index (χ4n) is 2.58. The lowest BCUT2D eigenvalue weighted by Crippen LogP contribution is -2.31. The van der Waals surface area contributed by atoms with Crippen LogP contribution in [0, 0.1) is 24.1 Å². The summed E-state index contributed by atoms with van der Waals surface area (Å²) in [5, 5.41) is 6.57. The first kappa shape index (κ1) is 21.1. The minimum absolute atomic E-state index is 0.0953. The first-order chi connectivity index (χ1) is 12.5. The molecule has 1 aromatic carbocycles. The number of anilines is 1. The molecule has 1 heterocycles. The SMILES string of the molecule is Cc1cc(NC(=O)C(C)(C)C)sc1C(=O)NC(c1ccc(F)cc1)C(C)C. The normalized spacial score (nSPS) is 12.7. The van der Waals surface area contributed by atoms with Crippen LogP contribution in [0.25, 0.3) is 0 Å². The summed E-state index contributed by atoms with van der Waals surface area (Å²) in [4.78, 5) is 25.6. The number of rotatable bonds is 5. The summed E-state index contributed by atoms with van der Waals surface area (Å²) in [5.74, 6) is -0.459. The second kappa shape index (κ2) is 8.21. The molecule has 0 saturated carbocycles. The molecule has 0 radical (unpaired) electrons. The molecule has 6 heteroatoms. The highest BCUT2D eigenvalue weighted by Gasteiger charge is 2.24. The average Bonchev–Trinajstić information content (AvgIpc) is 2.92. The van der Waals surface area contributed by atoms with E-state index in [1.54, 1.807) is 12.1 Å². The number of nitrogens with one attached hydrogen (secondary N) is 2. The lowest BCUT2D eigenvalue weighted by atomic mass is 9.96. The van der Waals surface area contributed by atoms with Gasteiger partial charge in [-0.3, -0.25) is 9.59 Å². The van der Waals surface area contributed by atoms with Crippen molar-refractivity contribution in [2.45, 2.75) is 47.6 Å². The number of thiophene rings is 1. The zero-order valence-corrected chi connectivity index (χ0v) is 17.5. The first-order valence-corrected chi connectivity index (χ1v) is 9.79. The van der Waals surface area contributed by atoms with Crippen LogP contribution in [0.15, 0.2) is 30.3 Å². The molecule has 2 amide bonds. The Morgan fingerprint density at radius 2 is 1.70 bits per heavy atom. The summed E-state index contributed by atoms with van der Waals surface area (Å²) in [5.41, 5.74) is 1.16. The predicted octanol–water partition coefficient (Wildman–Crippen LogP) is 5.31. The molecule has 0 aliphatic carbocycles. The molecule has 0 aliphatic rings. The highest BCUT2D eigenvalue weighted by Crippen LogP contribution is 2.30. The topological polar surface area (TPSA) is 58.2 Å². The molecule has 1 aromatic heterocycles. The summed E-state index contributed by atoms with van der Waals surface area (Å²) in [6, 6.07) is 7.76. The van der Waals surface area contributed by atoms with E-state index < -0.39 is 5.41 Å². The molecule has 146 valence electrons. The number of hydrogen-bond donors (Lipinski definition) is 2. The number of hydrogen-bond acceptors (Lipinski definition) is 3. The fourth-order valence-corrected chi connectivity index (χ4v) is 3.55. The first-order valence-electron chi connectivity index (χ1n) is 8.97. The van der Waals surface area contributed by atoms with Gasteiger partial charge in [0.25, 0.3) is 5.91 Å². The molecule has 27 heavy (non-hydrogen) atoms. The summed E-state index contributed by atoms with van der Waals surface area (Å²) in [7, 11) is 0. The smallest absolute Gasteiger partial charge is 0.262 e. The second-order valence-electron chi connectivity index (χ2n) is 8.07. The van der Waals surface area contributed by atoms with E-state index >= 15 is 0 Å². The number of carbonyl (C=O) groups excluding carboxylic acids is 2. The second-order valence-corrected chi connectivity index (χ2v) is 9.13. The van der Waals surface area contributed by atoms with Gasteiger partial charge in [-0.2, -0.15) is 0 Å². The van der Waals surface area contributed by atoms with Crippen molar-refractivity contribution < 1.29 is 14.0 Å². The third-order valence-electron chi connectivity index (χ3n) is 4.22. The zero-order chi connectivity index (χ0) is 20.4. The van der Waals surface area contributed by atoms with Crippen LogP contribution in [-0.4, -0.2) is 11.8 Å². The van der Waals surface area contributed by atoms with Gasteiger partial charge in [-0.1, -0.05) is 46.8 Å². The Labute approximate surface area is 164 Å². The molecule has 4 nitrogen and oxygen atoms in total. The van der Waals surface area contributed by atoms with Crippen LogP contribution in [0.5, 0.6) is 0 Å². The third-order valence-corrected chi connectivity index (χ3v) is 5.38. The molecular weight excluding hydrogens is 363 g/mol. The van der Waals surface area contributed by atoms with Crippen LogP contribution in [0.4, 0.5) is 9.39 Å². The maximum absolute atomic E-state index is 13.2. The highest BCUT2D eigenvalue weighted by molar-refractivity contribution is 7.18. The highest BCUT2D eigenvalue weighted by atomic mass is 32.1. The standard InChI is InChI=1S/C21H27FN2O2S/c1-12(2)17(14-7-9-15(22)10-8-14)24-19(25)18-13(3)11-16(27-18)23-20(26)21(4,5)6/h7-12,17H,1-6H3,(H,23,26)(H,24,25). The summed E-state index contributed by atoms with van der Waals surface area (Å²) >= 11 is 1.26. The lowest BCUT2D eigenvalue weighted by molar-refractivity contribution is -0.123. The van der Waals surface area contributed by atoms with Crippen molar-refractivity contribution in [3.05, 3.63) is 52.2 Å². The van der Waals surface area contributed by atoms with Gasteiger partial charge in [-0.15, -0.1) is 11.3 Å². The third kappa shape index (κ3) is 5.39. The molecule has 1 atom stereocenters. The molecule has 0 fully saturated rings.